The van der Waals surface area contributed by atoms with Crippen LogP contribution in [0.15, 0.2) is 11.1 Å². The first-order chi connectivity index (χ1) is 10.7. The Bertz CT molecular complexity index is 813. The fourth-order valence-corrected chi connectivity index (χ4v) is 2.38. The van der Waals surface area contributed by atoms with Gasteiger partial charge >= 0.3 is 6.18 Å². The lowest BCUT2D eigenvalue weighted by Gasteiger charge is -2.08. The van der Waals surface area contributed by atoms with Gasteiger partial charge in [-0.25, -0.2) is 4.58 Å². The average Bonchev–Trinajstić information content (AvgIpc) is 2.90. The zero-order valence-electron chi connectivity index (χ0n) is 12.4. The molecule has 6 nitrogen and oxygen atoms in total. The Kier molecular flexibility index (Phi) is 4.31. The predicted octanol–water partition coefficient (Wildman–Crippen LogP) is -0.876. The van der Waals surface area contributed by atoms with Crippen LogP contribution >= 0.6 is 0 Å². The van der Waals surface area contributed by atoms with E-state index in [2.05, 4.69) is 21.9 Å². The first-order valence-electron chi connectivity index (χ1n) is 6.64. The number of anilines is 1. The van der Waals surface area contributed by atoms with Crippen LogP contribution in [0.4, 0.5) is 24.5 Å². The highest BCUT2D eigenvalue weighted by Crippen LogP contribution is 2.32. The van der Waals surface area contributed by atoms with Gasteiger partial charge in [-0.05, 0) is 5.57 Å². The summed E-state index contributed by atoms with van der Waals surface area (Å²) in [4.78, 5) is 13.1. The molecule has 124 valence electrons. The number of benzene rings is 1. The second kappa shape index (κ2) is 5.90. The number of hydrogen-bond acceptors (Lipinski definition) is 5. The molecular formula is C14H14F3N3O3. The minimum atomic E-state index is -5.19. The molecule has 0 unspecified atom stereocenters. The maximum atomic E-state index is 10.5. The lowest BCUT2D eigenvalue weighted by Crippen LogP contribution is -2.42. The van der Waals surface area contributed by atoms with Gasteiger partial charge < -0.3 is 20.3 Å². The first kappa shape index (κ1) is 16.8. The number of alkyl halides is 3. The molecule has 3 rings (SSSR count). The highest BCUT2D eigenvalue weighted by atomic mass is 19.4. The number of carboxylic acids is 1. The van der Waals surface area contributed by atoms with E-state index in [4.69, 9.17) is 9.90 Å². The molecule has 0 bridgehead atoms. The quantitative estimate of drug-likeness (QED) is 0.518. The number of nitrogens with zero attached hydrogens (tertiary/aromatic N) is 2. The second-order valence-corrected chi connectivity index (χ2v) is 5.01. The minimum Gasteiger partial charge on any atom is -0.542 e. The second-order valence-electron chi connectivity index (χ2n) is 5.01. The number of phenolic OH excluding ortho intramolecular Hbond substituents is 1. The van der Waals surface area contributed by atoms with Crippen molar-refractivity contribution in [3.8, 4) is 5.75 Å². The van der Waals surface area contributed by atoms with Gasteiger partial charge in [-0.1, -0.05) is 0 Å². The Balaban J connectivity index is 0.000000236. The van der Waals surface area contributed by atoms with Gasteiger partial charge in [-0.2, -0.15) is 13.2 Å². The van der Waals surface area contributed by atoms with Gasteiger partial charge in [0.25, 0.3) is 0 Å². The summed E-state index contributed by atoms with van der Waals surface area (Å²) < 4.78 is 33.8. The van der Waals surface area contributed by atoms with Crippen LogP contribution in [-0.2, 0) is 4.79 Å². The zero-order valence-corrected chi connectivity index (χ0v) is 12.4. The van der Waals surface area contributed by atoms with Crippen LogP contribution in [0.1, 0.15) is 6.42 Å². The molecule has 2 N–H and O–H groups in total. The highest BCUT2D eigenvalue weighted by Gasteiger charge is 2.28. The number of carbonyl (C=O) groups excluding carboxylic acids is 1. The average molecular weight is 329 g/mol. The first-order valence-corrected chi connectivity index (χ1v) is 6.64. The van der Waals surface area contributed by atoms with Gasteiger partial charge in [0, 0.05) is 25.7 Å². The molecule has 9 heteroatoms. The number of aliphatic imine (C=N–C) groups is 1. The maximum Gasteiger partial charge on any atom is 0.430 e. The van der Waals surface area contributed by atoms with Crippen LogP contribution in [0.3, 0.4) is 0 Å². The van der Waals surface area contributed by atoms with E-state index in [9.17, 15) is 18.3 Å². The molecule has 0 aromatic heterocycles. The molecule has 0 spiro atoms. The lowest BCUT2D eigenvalue weighted by atomic mass is 10.1. The topological polar surface area (TPSA) is 87.8 Å². The summed E-state index contributed by atoms with van der Waals surface area (Å²) in [6.45, 7) is 1.00. The van der Waals surface area contributed by atoms with E-state index in [0.717, 1.165) is 29.2 Å². The summed E-state index contributed by atoms with van der Waals surface area (Å²) in [5.41, 5.74) is 2.69. The van der Waals surface area contributed by atoms with Gasteiger partial charge in [0.05, 0.1) is 10.9 Å². The molecule has 1 aromatic rings. The van der Waals surface area contributed by atoms with Crippen LogP contribution in [0.2, 0.25) is 0 Å². The number of aliphatic carboxylic acids is 1. The minimum absolute atomic E-state index is 0.253. The third-order valence-corrected chi connectivity index (χ3v) is 3.55. The lowest BCUT2D eigenvalue weighted by molar-refractivity contribution is -0.344. The number of phenols is 1. The van der Waals surface area contributed by atoms with E-state index < -0.39 is 12.1 Å². The molecule has 0 fully saturated rings. The fourth-order valence-electron chi connectivity index (χ4n) is 2.38. The molecule has 2 heterocycles. The van der Waals surface area contributed by atoms with Crippen molar-refractivity contribution >= 4 is 29.1 Å². The Labute approximate surface area is 128 Å². The molecule has 0 radical (unpaired) electrons. The monoisotopic (exact) mass is 329 g/mol. The highest BCUT2D eigenvalue weighted by molar-refractivity contribution is 6.08. The van der Waals surface area contributed by atoms with Crippen molar-refractivity contribution in [2.45, 2.75) is 12.6 Å². The molecule has 0 amide bonds. The van der Waals surface area contributed by atoms with Crippen LogP contribution < -0.4 is 25.6 Å². The Morgan fingerprint density at radius 2 is 2.09 bits per heavy atom. The van der Waals surface area contributed by atoms with Crippen molar-refractivity contribution in [1.82, 2.24) is 4.58 Å². The molecule has 0 saturated heterocycles. The molecule has 2 aliphatic heterocycles. The third kappa shape index (κ3) is 3.13. The van der Waals surface area contributed by atoms with Crippen molar-refractivity contribution < 1.29 is 28.2 Å². The van der Waals surface area contributed by atoms with Crippen LogP contribution in [0, 0.1) is 0 Å². The maximum absolute atomic E-state index is 10.5. The Hall–Kier alpha value is -2.58. The van der Waals surface area contributed by atoms with Crippen LogP contribution in [0.5, 0.6) is 5.75 Å². The van der Waals surface area contributed by atoms with Crippen molar-refractivity contribution in [3.63, 3.8) is 0 Å². The summed E-state index contributed by atoms with van der Waals surface area (Å²) in [6, 6.07) is 1.99. The molecule has 23 heavy (non-hydrogen) atoms. The summed E-state index contributed by atoms with van der Waals surface area (Å²) in [5.74, 6) is -2.75. The number of carboxylic acid groups (broad SMARTS) is 1. The standard InChI is InChI=1S/C12H13N3O.C2HF3O2/c1-13-8-5-9-10-7(3-4-15(9)2)6-14-11(10)12(8)16;3-2(4,5)1(6)7/h5-6H,3-4H2,1-2H3,(H,13,14,16);(H,6,7). The summed E-state index contributed by atoms with van der Waals surface area (Å²) in [5, 5.41) is 24.1. The number of aromatic hydroxyl groups is 1. The molecule has 0 aliphatic carbocycles. The summed E-state index contributed by atoms with van der Waals surface area (Å²) in [6.07, 6.45) is -2.32. The van der Waals surface area contributed by atoms with Gasteiger partial charge in [0.1, 0.15) is 25.2 Å². The van der Waals surface area contributed by atoms with E-state index in [-0.39, 0.29) is 5.75 Å². The van der Waals surface area contributed by atoms with Gasteiger partial charge in [-0.15, -0.1) is 0 Å². The molecule has 0 saturated carbocycles. The van der Waals surface area contributed by atoms with Crippen LogP contribution in [-0.4, -0.2) is 44.1 Å². The number of halogens is 3. The molecule has 2 aliphatic rings. The Morgan fingerprint density at radius 3 is 2.61 bits per heavy atom. The molecule has 1 aromatic carbocycles. The summed E-state index contributed by atoms with van der Waals surface area (Å²) >= 11 is 0. The van der Waals surface area contributed by atoms with Crippen molar-refractivity contribution in [1.29, 1.82) is 0 Å². The van der Waals surface area contributed by atoms with E-state index in [0.29, 0.717) is 5.69 Å². The largest absolute Gasteiger partial charge is 0.542 e. The van der Waals surface area contributed by atoms with Crippen molar-refractivity contribution in [3.05, 3.63) is 16.6 Å². The number of hydrogen-bond donors (Lipinski definition) is 2. The van der Waals surface area contributed by atoms with E-state index in [1.165, 1.54) is 5.57 Å². The Morgan fingerprint density at radius 1 is 1.48 bits per heavy atom. The SMILES string of the molecule is CNc1cc2c3c(c1O)N=CC=3CC[N+]=2C.O=C([O-])C(F)(F)F. The summed E-state index contributed by atoms with van der Waals surface area (Å²) in [7, 11) is 3.88. The van der Waals surface area contributed by atoms with Gasteiger partial charge in [0.2, 0.25) is 5.36 Å². The fraction of sp³-hybridized carbons (Fsp3) is 0.357. The van der Waals surface area contributed by atoms with E-state index in [1.807, 2.05) is 12.3 Å². The number of nitrogens with one attached hydrogen (secondary N) is 1. The predicted molar refractivity (Wildman–Crippen MR) is 76.2 cm³/mol. The normalized spacial score (nSPS) is 15.0. The van der Waals surface area contributed by atoms with E-state index in [1.54, 1.807) is 7.05 Å². The smallest absolute Gasteiger partial charge is 0.430 e. The zero-order chi connectivity index (χ0) is 17.4. The number of carbonyl (C=O) groups is 1. The van der Waals surface area contributed by atoms with Crippen molar-refractivity contribution in [2.24, 2.45) is 4.99 Å². The van der Waals surface area contributed by atoms with Crippen LogP contribution in [0.25, 0.3) is 5.57 Å². The van der Waals surface area contributed by atoms with E-state index >= 15 is 0 Å². The van der Waals surface area contributed by atoms with Gasteiger partial charge in [0.15, 0.2) is 5.75 Å². The molecular weight excluding hydrogens is 315 g/mol. The number of rotatable bonds is 1. The van der Waals surface area contributed by atoms with Crippen molar-refractivity contribution in [2.75, 3.05) is 26.0 Å². The molecule has 0 atom stereocenters. The third-order valence-electron chi connectivity index (χ3n) is 3.55. The van der Waals surface area contributed by atoms with Gasteiger partial charge in [-0.3, -0.25) is 4.99 Å².